The first-order valence-electron chi connectivity index (χ1n) is 5.71. The van der Waals surface area contributed by atoms with E-state index in [0.717, 1.165) is 12.6 Å². The van der Waals surface area contributed by atoms with Gasteiger partial charge in [0.2, 0.25) is 0 Å². The van der Waals surface area contributed by atoms with E-state index in [1.165, 1.54) is 29.5 Å². The first-order valence-corrected chi connectivity index (χ1v) is 5.71. The van der Waals surface area contributed by atoms with Gasteiger partial charge in [-0.1, -0.05) is 41.5 Å². The number of benzene rings is 1. The van der Waals surface area contributed by atoms with Crippen LogP contribution in [0.15, 0.2) is 29.8 Å². The summed E-state index contributed by atoms with van der Waals surface area (Å²) in [4.78, 5) is 0. The molecule has 1 fully saturated rings. The highest BCUT2D eigenvalue weighted by Gasteiger charge is 2.19. The molecule has 0 atom stereocenters. The normalized spacial score (nSPS) is 16.8. The summed E-state index contributed by atoms with van der Waals surface area (Å²) in [5, 5.41) is 3.52. The zero-order valence-corrected chi connectivity index (χ0v) is 9.59. The van der Waals surface area contributed by atoms with Crippen LogP contribution < -0.4 is 5.32 Å². The van der Waals surface area contributed by atoms with Crippen molar-refractivity contribution in [3.63, 3.8) is 0 Å². The lowest BCUT2D eigenvalue weighted by atomic mass is 10.1. The Morgan fingerprint density at radius 2 is 2.00 bits per heavy atom. The topological polar surface area (TPSA) is 12.0 Å². The standard InChI is InChI=1S/C14H19N/c1-11-3-5-13(6-4-11)9-12(2)10-15-14-7-8-14/h3-6,9,14-15H,7-8,10H2,1-2H3. The van der Waals surface area contributed by atoms with Gasteiger partial charge in [-0.25, -0.2) is 0 Å². The van der Waals surface area contributed by atoms with Gasteiger partial charge in [0.1, 0.15) is 0 Å². The molecule has 0 heterocycles. The molecular weight excluding hydrogens is 182 g/mol. The molecular formula is C14H19N. The van der Waals surface area contributed by atoms with E-state index in [1.54, 1.807) is 0 Å². The molecule has 15 heavy (non-hydrogen) atoms. The Morgan fingerprint density at radius 3 is 2.60 bits per heavy atom. The van der Waals surface area contributed by atoms with Crippen molar-refractivity contribution >= 4 is 6.08 Å². The number of hydrogen-bond donors (Lipinski definition) is 1. The van der Waals surface area contributed by atoms with Crippen LogP contribution in [-0.4, -0.2) is 12.6 Å². The number of aryl methyl sites for hydroxylation is 1. The highest BCUT2D eigenvalue weighted by molar-refractivity contribution is 5.53. The van der Waals surface area contributed by atoms with Gasteiger partial charge in [0.05, 0.1) is 0 Å². The van der Waals surface area contributed by atoms with Crippen LogP contribution in [0.5, 0.6) is 0 Å². The molecule has 1 saturated carbocycles. The first-order chi connectivity index (χ1) is 7.24. The summed E-state index contributed by atoms with van der Waals surface area (Å²) in [5.41, 5.74) is 4.03. The van der Waals surface area contributed by atoms with E-state index in [0.29, 0.717) is 0 Å². The second kappa shape index (κ2) is 4.63. The minimum absolute atomic E-state index is 0.798. The molecule has 1 aromatic carbocycles. The van der Waals surface area contributed by atoms with Crippen LogP contribution in [0.2, 0.25) is 0 Å². The largest absolute Gasteiger partial charge is 0.310 e. The van der Waals surface area contributed by atoms with Crippen molar-refractivity contribution in [2.24, 2.45) is 0 Å². The third-order valence-corrected chi connectivity index (χ3v) is 2.74. The van der Waals surface area contributed by atoms with Crippen molar-refractivity contribution in [1.82, 2.24) is 5.32 Å². The molecule has 0 amide bonds. The maximum Gasteiger partial charge on any atom is 0.0167 e. The molecule has 0 radical (unpaired) electrons. The lowest BCUT2D eigenvalue weighted by molar-refractivity contribution is 0.736. The van der Waals surface area contributed by atoms with Crippen LogP contribution in [0, 0.1) is 6.92 Å². The highest BCUT2D eigenvalue weighted by Crippen LogP contribution is 2.19. The molecule has 0 spiro atoms. The molecule has 1 nitrogen and oxygen atoms in total. The summed E-state index contributed by atoms with van der Waals surface area (Å²) >= 11 is 0. The van der Waals surface area contributed by atoms with E-state index >= 15 is 0 Å². The molecule has 1 N–H and O–H groups in total. The summed E-state index contributed by atoms with van der Waals surface area (Å²) in [5.74, 6) is 0. The molecule has 80 valence electrons. The van der Waals surface area contributed by atoms with Gasteiger partial charge in [-0.3, -0.25) is 0 Å². The summed E-state index contributed by atoms with van der Waals surface area (Å²) in [7, 11) is 0. The smallest absolute Gasteiger partial charge is 0.0167 e. The zero-order chi connectivity index (χ0) is 10.7. The second-order valence-electron chi connectivity index (χ2n) is 4.56. The van der Waals surface area contributed by atoms with Gasteiger partial charge in [0.15, 0.2) is 0 Å². The van der Waals surface area contributed by atoms with Gasteiger partial charge in [-0.05, 0) is 32.3 Å². The van der Waals surface area contributed by atoms with E-state index in [-0.39, 0.29) is 0 Å². The quantitative estimate of drug-likeness (QED) is 0.789. The second-order valence-corrected chi connectivity index (χ2v) is 4.56. The Kier molecular flexibility index (Phi) is 3.22. The average molecular weight is 201 g/mol. The predicted molar refractivity (Wildman–Crippen MR) is 65.9 cm³/mol. The minimum atomic E-state index is 0.798. The molecule has 0 aromatic heterocycles. The Morgan fingerprint density at radius 1 is 1.33 bits per heavy atom. The van der Waals surface area contributed by atoms with Gasteiger partial charge < -0.3 is 5.32 Å². The molecule has 1 heteroatoms. The number of rotatable bonds is 4. The Hall–Kier alpha value is -1.08. The van der Waals surface area contributed by atoms with Crippen LogP contribution in [-0.2, 0) is 0 Å². The molecule has 1 aliphatic carbocycles. The van der Waals surface area contributed by atoms with Crippen molar-refractivity contribution in [1.29, 1.82) is 0 Å². The van der Waals surface area contributed by atoms with Gasteiger partial charge in [0.25, 0.3) is 0 Å². The van der Waals surface area contributed by atoms with Crippen molar-refractivity contribution in [2.45, 2.75) is 32.7 Å². The summed E-state index contributed by atoms with van der Waals surface area (Å²) < 4.78 is 0. The minimum Gasteiger partial charge on any atom is -0.310 e. The Balaban J connectivity index is 1.91. The predicted octanol–water partition coefficient (Wildman–Crippen LogP) is 3.15. The molecule has 1 aromatic rings. The van der Waals surface area contributed by atoms with Gasteiger partial charge in [-0.15, -0.1) is 0 Å². The van der Waals surface area contributed by atoms with Crippen LogP contribution in [0.3, 0.4) is 0 Å². The third-order valence-electron chi connectivity index (χ3n) is 2.74. The molecule has 0 unspecified atom stereocenters. The fourth-order valence-corrected chi connectivity index (χ4v) is 1.59. The lowest BCUT2D eigenvalue weighted by Crippen LogP contribution is -2.18. The van der Waals surface area contributed by atoms with Crippen LogP contribution >= 0.6 is 0 Å². The van der Waals surface area contributed by atoms with E-state index in [2.05, 4.69) is 49.5 Å². The van der Waals surface area contributed by atoms with Gasteiger partial charge in [-0.2, -0.15) is 0 Å². The molecule has 0 bridgehead atoms. The highest BCUT2D eigenvalue weighted by atomic mass is 14.9. The van der Waals surface area contributed by atoms with Gasteiger partial charge >= 0.3 is 0 Å². The van der Waals surface area contributed by atoms with Crippen LogP contribution in [0.4, 0.5) is 0 Å². The lowest BCUT2D eigenvalue weighted by Gasteiger charge is -2.03. The van der Waals surface area contributed by atoms with E-state index in [1.807, 2.05) is 0 Å². The maximum atomic E-state index is 3.52. The van der Waals surface area contributed by atoms with Crippen molar-refractivity contribution < 1.29 is 0 Å². The number of hydrogen-bond acceptors (Lipinski definition) is 1. The first kappa shape index (κ1) is 10.4. The fourth-order valence-electron chi connectivity index (χ4n) is 1.59. The summed E-state index contributed by atoms with van der Waals surface area (Å²) in [6.45, 7) is 5.34. The van der Waals surface area contributed by atoms with E-state index in [4.69, 9.17) is 0 Å². The molecule has 0 saturated heterocycles. The zero-order valence-electron chi connectivity index (χ0n) is 9.59. The van der Waals surface area contributed by atoms with Crippen molar-refractivity contribution in [2.75, 3.05) is 6.54 Å². The molecule has 0 aliphatic heterocycles. The maximum absolute atomic E-state index is 3.52. The molecule has 1 aliphatic rings. The van der Waals surface area contributed by atoms with Crippen LogP contribution in [0.1, 0.15) is 30.9 Å². The van der Waals surface area contributed by atoms with Crippen molar-refractivity contribution in [3.8, 4) is 0 Å². The fraction of sp³-hybridized carbons (Fsp3) is 0.429. The SMILES string of the molecule is CC(=Cc1ccc(C)cc1)CNC1CC1. The molecule has 2 rings (SSSR count). The van der Waals surface area contributed by atoms with Crippen LogP contribution in [0.25, 0.3) is 6.08 Å². The third kappa shape index (κ3) is 3.52. The van der Waals surface area contributed by atoms with E-state index < -0.39 is 0 Å². The van der Waals surface area contributed by atoms with Crippen molar-refractivity contribution in [3.05, 3.63) is 41.0 Å². The Labute approximate surface area is 92.2 Å². The average Bonchev–Trinajstić information content (AvgIpc) is 3.02. The summed E-state index contributed by atoms with van der Waals surface area (Å²) in [6, 6.07) is 9.47. The van der Waals surface area contributed by atoms with Gasteiger partial charge in [0, 0.05) is 12.6 Å². The van der Waals surface area contributed by atoms with E-state index in [9.17, 15) is 0 Å². The Bertz CT molecular complexity index is 344. The monoisotopic (exact) mass is 201 g/mol. The number of nitrogens with one attached hydrogen (secondary N) is 1. The summed E-state index contributed by atoms with van der Waals surface area (Å²) in [6.07, 6.45) is 4.98.